The van der Waals surface area contributed by atoms with E-state index in [2.05, 4.69) is 30.6 Å². The van der Waals surface area contributed by atoms with E-state index in [0.717, 1.165) is 38.9 Å². The van der Waals surface area contributed by atoms with Crippen LogP contribution >= 0.6 is 0 Å². The molecule has 0 aliphatic heterocycles. The second-order valence-electron chi connectivity index (χ2n) is 6.94. The van der Waals surface area contributed by atoms with E-state index in [1.807, 2.05) is 67.6 Å². The first-order valence-corrected chi connectivity index (χ1v) is 9.54. The molecule has 0 aliphatic carbocycles. The largest absolute Gasteiger partial charge is 0.393 e. The van der Waals surface area contributed by atoms with E-state index in [9.17, 15) is 0 Å². The van der Waals surface area contributed by atoms with Crippen LogP contribution in [0.3, 0.4) is 0 Å². The summed E-state index contributed by atoms with van der Waals surface area (Å²) >= 11 is 0. The molecule has 0 atom stereocenters. The van der Waals surface area contributed by atoms with Gasteiger partial charge in [-0.05, 0) is 55.5 Å². The summed E-state index contributed by atoms with van der Waals surface area (Å²) in [4.78, 5) is 17.7. The lowest BCUT2D eigenvalue weighted by Gasteiger charge is -2.14. The fraction of sp³-hybridized carbons (Fsp3) is 0.0435. The average molecular weight is 393 g/mol. The van der Waals surface area contributed by atoms with Crippen molar-refractivity contribution in [3.8, 4) is 0 Å². The molecule has 0 spiro atoms. The second kappa shape index (κ2) is 7.29. The van der Waals surface area contributed by atoms with Gasteiger partial charge in [-0.1, -0.05) is 12.1 Å². The number of nitrogen functional groups attached to an aromatic ring is 1. The standard InChI is InChI=1S/C23H19N7/c1-14-10-11-16-18(28-14)7-3-9-20(16)30-23-21(24)22(26-13-27-23)29-19-8-2-6-17-15(19)5-4-12-25-17/h2-13H,24H2,1H3,(H2,26,27,29,30). The van der Waals surface area contributed by atoms with Crippen LogP contribution in [0.1, 0.15) is 5.69 Å². The third-order valence-electron chi connectivity index (χ3n) is 4.91. The molecule has 0 bridgehead atoms. The minimum Gasteiger partial charge on any atom is -0.393 e. The van der Waals surface area contributed by atoms with Gasteiger partial charge >= 0.3 is 0 Å². The van der Waals surface area contributed by atoms with E-state index in [1.54, 1.807) is 6.20 Å². The zero-order valence-corrected chi connectivity index (χ0v) is 16.3. The van der Waals surface area contributed by atoms with Crippen molar-refractivity contribution in [1.29, 1.82) is 0 Å². The number of anilines is 5. The first-order chi connectivity index (χ1) is 14.7. The van der Waals surface area contributed by atoms with Crippen molar-refractivity contribution < 1.29 is 0 Å². The van der Waals surface area contributed by atoms with Crippen LogP contribution in [0.25, 0.3) is 21.8 Å². The van der Waals surface area contributed by atoms with Crippen molar-refractivity contribution in [3.05, 3.63) is 78.9 Å². The molecule has 0 amide bonds. The monoisotopic (exact) mass is 393 g/mol. The number of aromatic nitrogens is 4. The molecule has 3 aromatic heterocycles. The third kappa shape index (κ3) is 3.22. The minimum atomic E-state index is 0.426. The molecule has 0 radical (unpaired) electrons. The molecule has 5 rings (SSSR count). The van der Waals surface area contributed by atoms with Crippen LogP contribution in [0.5, 0.6) is 0 Å². The van der Waals surface area contributed by atoms with Crippen LogP contribution in [0.15, 0.2) is 73.2 Å². The van der Waals surface area contributed by atoms with Gasteiger partial charge in [-0.2, -0.15) is 0 Å². The van der Waals surface area contributed by atoms with Crippen LogP contribution in [0.2, 0.25) is 0 Å². The van der Waals surface area contributed by atoms with Crippen LogP contribution in [-0.4, -0.2) is 19.9 Å². The number of nitrogens with zero attached hydrogens (tertiary/aromatic N) is 4. The number of pyridine rings is 2. The van der Waals surface area contributed by atoms with E-state index < -0.39 is 0 Å². The fourth-order valence-corrected chi connectivity index (χ4v) is 3.43. The number of fused-ring (bicyclic) bond motifs is 2. The maximum Gasteiger partial charge on any atom is 0.159 e. The highest BCUT2D eigenvalue weighted by Crippen LogP contribution is 2.32. The molecule has 2 aromatic carbocycles. The summed E-state index contributed by atoms with van der Waals surface area (Å²) in [6.07, 6.45) is 3.26. The average Bonchev–Trinajstić information content (AvgIpc) is 2.76. The van der Waals surface area contributed by atoms with E-state index in [1.165, 1.54) is 6.33 Å². The maximum absolute atomic E-state index is 6.41. The van der Waals surface area contributed by atoms with Gasteiger partial charge in [0.2, 0.25) is 0 Å². The van der Waals surface area contributed by atoms with Gasteiger partial charge in [0.05, 0.1) is 11.0 Å². The fourth-order valence-electron chi connectivity index (χ4n) is 3.43. The zero-order chi connectivity index (χ0) is 20.5. The summed E-state index contributed by atoms with van der Waals surface area (Å²) in [6, 6.07) is 19.7. The van der Waals surface area contributed by atoms with Crippen molar-refractivity contribution in [3.63, 3.8) is 0 Å². The minimum absolute atomic E-state index is 0.426. The van der Waals surface area contributed by atoms with Gasteiger partial charge in [-0.3, -0.25) is 9.97 Å². The van der Waals surface area contributed by atoms with Crippen LogP contribution in [0.4, 0.5) is 28.7 Å². The van der Waals surface area contributed by atoms with Crippen LogP contribution in [0, 0.1) is 6.92 Å². The van der Waals surface area contributed by atoms with Crippen LogP contribution < -0.4 is 16.4 Å². The number of aryl methyl sites for hydroxylation is 1. The molecular weight excluding hydrogens is 374 g/mol. The van der Waals surface area contributed by atoms with E-state index in [4.69, 9.17) is 5.73 Å². The number of hydrogen-bond donors (Lipinski definition) is 3. The highest BCUT2D eigenvalue weighted by Gasteiger charge is 2.12. The summed E-state index contributed by atoms with van der Waals surface area (Å²) in [7, 11) is 0. The number of rotatable bonds is 4. The lowest BCUT2D eigenvalue weighted by molar-refractivity contribution is 1.17. The molecule has 0 unspecified atom stereocenters. The highest BCUT2D eigenvalue weighted by molar-refractivity contribution is 5.96. The quantitative estimate of drug-likeness (QED) is 0.397. The summed E-state index contributed by atoms with van der Waals surface area (Å²) < 4.78 is 0. The van der Waals surface area contributed by atoms with E-state index in [0.29, 0.717) is 17.3 Å². The molecule has 0 saturated carbocycles. The molecule has 5 aromatic rings. The normalized spacial score (nSPS) is 11.0. The first kappa shape index (κ1) is 17.8. The number of nitrogens with two attached hydrogens (primary N) is 1. The summed E-state index contributed by atoms with van der Waals surface area (Å²) in [5.41, 5.74) is 11.4. The SMILES string of the molecule is Cc1ccc2c(Nc3ncnc(Nc4cccc5ncccc45)c3N)cccc2n1. The Morgan fingerprint density at radius 3 is 2.10 bits per heavy atom. The Morgan fingerprint density at radius 2 is 1.37 bits per heavy atom. The summed E-state index contributed by atoms with van der Waals surface area (Å²) in [5, 5.41) is 8.63. The Morgan fingerprint density at radius 1 is 0.700 bits per heavy atom. The lowest BCUT2D eigenvalue weighted by Crippen LogP contribution is -2.05. The summed E-state index contributed by atoms with van der Waals surface area (Å²) in [5.74, 6) is 1.05. The number of benzene rings is 2. The smallest absolute Gasteiger partial charge is 0.159 e. The first-order valence-electron chi connectivity index (χ1n) is 9.54. The number of hydrogen-bond acceptors (Lipinski definition) is 7. The number of nitrogens with one attached hydrogen (secondary N) is 2. The van der Waals surface area contributed by atoms with Crippen LogP contribution in [-0.2, 0) is 0 Å². The maximum atomic E-state index is 6.41. The Bertz CT molecular complexity index is 1380. The molecule has 30 heavy (non-hydrogen) atoms. The lowest BCUT2D eigenvalue weighted by atomic mass is 10.1. The highest BCUT2D eigenvalue weighted by atomic mass is 15.1. The van der Waals surface area contributed by atoms with Gasteiger partial charge in [0, 0.05) is 34.0 Å². The Kier molecular flexibility index (Phi) is 4.33. The Labute approximate surface area is 173 Å². The van der Waals surface area contributed by atoms with Gasteiger partial charge in [0.15, 0.2) is 11.6 Å². The van der Waals surface area contributed by atoms with Crippen molar-refractivity contribution in [2.45, 2.75) is 6.92 Å². The molecule has 0 aliphatic rings. The third-order valence-corrected chi connectivity index (χ3v) is 4.91. The molecule has 4 N–H and O–H groups in total. The zero-order valence-electron chi connectivity index (χ0n) is 16.3. The van der Waals surface area contributed by atoms with Crippen molar-refractivity contribution in [2.75, 3.05) is 16.4 Å². The Hall–Kier alpha value is -4.26. The van der Waals surface area contributed by atoms with Crippen molar-refractivity contribution >= 4 is 50.5 Å². The van der Waals surface area contributed by atoms with Gasteiger partial charge < -0.3 is 16.4 Å². The summed E-state index contributed by atoms with van der Waals surface area (Å²) in [6.45, 7) is 1.97. The molecule has 3 heterocycles. The van der Waals surface area contributed by atoms with Gasteiger partial charge in [-0.15, -0.1) is 0 Å². The molecule has 7 heteroatoms. The van der Waals surface area contributed by atoms with Gasteiger partial charge in [0.25, 0.3) is 0 Å². The van der Waals surface area contributed by atoms with Gasteiger partial charge in [0.1, 0.15) is 12.0 Å². The molecule has 146 valence electrons. The predicted octanol–water partition coefficient (Wildman–Crippen LogP) is 4.95. The molecule has 0 fully saturated rings. The van der Waals surface area contributed by atoms with Crippen molar-refractivity contribution in [1.82, 2.24) is 19.9 Å². The predicted molar refractivity (Wildman–Crippen MR) is 121 cm³/mol. The van der Waals surface area contributed by atoms with Gasteiger partial charge in [-0.25, -0.2) is 9.97 Å². The van der Waals surface area contributed by atoms with E-state index >= 15 is 0 Å². The molecular formula is C23H19N7. The van der Waals surface area contributed by atoms with Crippen molar-refractivity contribution in [2.24, 2.45) is 0 Å². The second-order valence-corrected chi connectivity index (χ2v) is 6.94. The topological polar surface area (TPSA) is 102 Å². The van der Waals surface area contributed by atoms with E-state index in [-0.39, 0.29) is 0 Å². The Balaban J connectivity index is 1.51. The molecule has 7 nitrogen and oxygen atoms in total. The molecule has 0 saturated heterocycles.